The third-order valence-corrected chi connectivity index (χ3v) is 5.17. The molecule has 2 N–H and O–H groups in total. The molecule has 2 heterocycles. The molecule has 5 nitrogen and oxygen atoms in total. The largest absolute Gasteiger partial charge is 0.356 e. The van der Waals surface area contributed by atoms with Crippen LogP contribution in [0.4, 0.5) is 4.39 Å². The summed E-state index contributed by atoms with van der Waals surface area (Å²) in [5.74, 6) is -1.37. The van der Waals surface area contributed by atoms with Crippen LogP contribution in [0, 0.1) is 5.82 Å². The Bertz CT molecular complexity index is 1030. The maximum Gasteiger partial charge on any atom is 0.254 e. The van der Waals surface area contributed by atoms with Gasteiger partial charge in [0, 0.05) is 23.1 Å². The van der Waals surface area contributed by atoms with E-state index in [2.05, 4.69) is 16.4 Å². The van der Waals surface area contributed by atoms with Crippen molar-refractivity contribution < 1.29 is 14.0 Å². The fraction of sp³-hybridized carbons (Fsp3) is 0.238. The summed E-state index contributed by atoms with van der Waals surface area (Å²) in [6.45, 7) is 2.40. The quantitative estimate of drug-likeness (QED) is 0.749. The number of carbonyl (C=O) groups is 2. The molecule has 1 aromatic heterocycles. The van der Waals surface area contributed by atoms with E-state index in [-0.39, 0.29) is 24.1 Å². The molecule has 0 spiro atoms. The summed E-state index contributed by atoms with van der Waals surface area (Å²) in [6, 6.07) is 13.7. The first-order valence-electron chi connectivity index (χ1n) is 8.98. The van der Waals surface area contributed by atoms with Crippen LogP contribution >= 0.6 is 0 Å². The highest BCUT2D eigenvalue weighted by Crippen LogP contribution is 2.34. The van der Waals surface area contributed by atoms with E-state index in [1.807, 2.05) is 25.1 Å². The van der Waals surface area contributed by atoms with Gasteiger partial charge in [-0.05, 0) is 37.1 Å². The number of nitrogens with zero attached hydrogens (tertiary/aromatic N) is 1. The van der Waals surface area contributed by atoms with Crippen molar-refractivity contribution in [3.63, 3.8) is 0 Å². The Morgan fingerprint density at radius 2 is 1.93 bits per heavy atom. The van der Waals surface area contributed by atoms with E-state index in [9.17, 15) is 14.0 Å². The molecular formula is C21H20FN3O2. The fourth-order valence-corrected chi connectivity index (χ4v) is 3.77. The van der Waals surface area contributed by atoms with Crippen molar-refractivity contribution in [1.29, 1.82) is 0 Å². The lowest BCUT2D eigenvalue weighted by Gasteiger charge is -2.33. The number of carbonyl (C=O) groups excluding carboxylic acids is 2. The molecule has 27 heavy (non-hydrogen) atoms. The molecule has 1 atom stereocenters. The predicted molar refractivity (Wildman–Crippen MR) is 101 cm³/mol. The number of amides is 2. The number of benzene rings is 2. The number of fused-ring (bicyclic) bond motifs is 3. The van der Waals surface area contributed by atoms with E-state index in [0.29, 0.717) is 6.54 Å². The van der Waals surface area contributed by atoms with E-state index in [1.165, 1.54) is 29.1 Å². The van der Waals surface area contributed by atoms with E-state index in [1.54, 1.807) is 11.0 Å². The Morgan fingerprint density at radius 1 is 1.19 bits per heavy atom. The summed E-state index contributed by atoms with van der Waals surface area (Å²) in [5.41, 5.74) is 3.29. The maximum atomic E-state index is 13.7. The van der Waals surface area contributed by atoms with Gasteiger partial charge >= 0.3 is 0 Å². The molecule has 0 saturated carbocycles. The summed E-state index contributed by atoms with van der Waals surface area (Å²) in [7, 11) is 0. The average molecular weight is 365 g/mol. The van der Waals surface area contributed by atoms with Crippen molar-refractivity contribution in [2.45, 2.75) is 19.4 Å². The molecular weight excluding hydrogens is 345 g/mol. The lowest BCUT2D eigenvalue weighted by molar-refractivity contribution is -0.132. The third-order valence-electron chi connectivity index (χ3n) is 5.17. The number of aromatic nitrogens is 1. The SMILES string of the molecule is C[C@H]1c2[nH]c3ccccc3c2CCN1C(=O)CNC(=O)c1ccccc1F. The smallest absolute Gasteiger partial charge is 0.254 e. The van der Waals surface area contributed by atoms with Gasteiger partial charge in [-0.15, -0.1) is 0 Å². The average Bonchev–Trinajstić information content (AvgIpc) is 3.06. The fourth-order valence-electron chi connectivity index (χ4n) is 3.77. The molecule has 1 aliphatic rings. The van der Waals surface area contributed by atoms with Crippen LogP contribution in [0.1, 0.15) is 34.6 Å². The Morgan fingerprint density at radius 3 is 2.74 bits per heavy atom. The molecule has 3 aromatic rings. The highest BCUT2D eigenvalue weighted by Gasteiger charge is 2.30. The second-order valence-corrected chi connectivity index (χ2v) is 6.74. The molecule has 0 aliphatic carbocycles. The molecule has 1 aliphatic heterocycles. The Hall–Kier alpha value is -3.15. The zero-order valence-corrected chi connectivity index (χ0v) is 15.0. The standard InChI is InChI=1S/C21H20FN3O2/c1-13-20-15(14-6-3-5-9-18(14)24-20)10-11-25(13)19(26)12-23-21(27)16-7-2-4-8-17(16)22/h2-9,13,24H,10-12H2,1H3,(H,23,27)/t13-/m0/s1. The van der Waals surface area contributed by atoms with Crippen molar-refractivity contribution in [2.24, 2.45) is 0 Å². The van der Waals surface area contributed by atoms with Crippen molar-refractivity contribution in [2.75, 3.05) is 13.1 Å². The zero-order chi connectivity index (χ0) is 19.0. The number of halogens is 1. The molecule has 0 fully saturated rings. The number of hydrogen-bond acceptors (Lipinski definition) is 2. The van der Waals surface area contributed by atoms with E-state index in [0.717, 1.165) is 17.6 Å². The monoisotopic (exact) mass is 365 g/mol. The van der Waals surface area contributed by atoms with Crippen LogP contribution in [0.3, 0.4) is 0 Å². The van der Waals surface area contributed by atoms with Gasteiger partial charge < -0.3 is 15.2 Å². The van der Waals surface area contributed by atoms with Crippen LogP contribution in [0.5, 0.6) is 0 Å². The van der Waals surface area contributed by atoms with E-state index < -0.39 is 11.7 Å². The van der Waals surface area contributed by atoms with Crippen molar-refractivity contribution >= 4 is 22.7 Å². The second-order valence-electron chi connectivity index (χ2n) is 6.74. The van der Waals surface area contributed by atoms with Crippen LogP contribution in [-0.2, 0) is 11.2 Å². The van der Waals surface area contributed by atoms with Gasteiger partial charge in [0.1, 0.15) is 5.82 Å². The summed E-state index contributed by atoms with van der Waals surface area (Å²) < 4.78 is 13.7. The first kappa shape index (κ1) is 17.3. The molecule has 2 amide bonds. The van der Waals surface area contributed by atoms with Crippen molar-refractivity contribution in [1.82, 2.24) is 15.2 Å². The van der Waals surface area contributed by atoms with Crippen LogP contribution in [-0.4, -0.2) is 34.8 Å². The molecule has 0 bridgehead atoms. The van der Waals surface area contributed by atoms with Crippen LogP contribution in [0.25, 0.3) is 10.9 Å². The lowest BCUT2D eigenvalue weighted by atomic mass is 9.98. The Labute approximate surface area is 156 Å². The minimum absolute atomic E-state index is 0.0603. The van der Waals surface area contributed by atoms with Gasteiger partial charge in [0.25, 0.3) is 5.91 Å². The summed E-state index contributed by atoms with van der Waals surface area (Å²) in [4.78, 5) is 29.9. The molecule has 6 heteroatoms. The zero-order valence-electron chi connectivity index (χ0n) is 15.0. The summed E-state index contributed by atoms with van der Waals surface area (Å²) >= 11 is 0. The van der Waals surface area contributed by atoms with Crippen LogP contribution < -0.4 is 5.32 Å². The number of hydrogen-bond donors (Lipinski definition) is 2. The van der Waals surface area contributed by atoms with Crippen molar-refractivity contribution in [3.8, 4) is 0 Å². The molecule has 0 unspecified atom stereocenters. The van der Waals surface area contributed by atoms with Gasteiger partial charge in [-0.25, -0.2) is 4.39 Å². The lowest BCUT2D eigenvalue weighted by Crippen LogP contribution is -2.44. The number of aromatic amines is 1. The number of nitrogens with one attached hydrogen (secondary N) is 2. The van der Waals surface area contributed by atoms with E-state index >= 15 is 0 Å². The maximum absolute atomic E-state index is 13.7. The molecule has 4 rings (SSSR count). The second kappa shape index (κ2) is 6.87. The predicted octanol–water partition coefficient (Wildman–Crippen LogP) is 3.18. The highest BCUT2D eigenvalue weighted by atomic mass is 19.1. The van der Waals surface area contributed by atoms with Crippen LogP contribution in [0.15, 0.2) is 48.5 Å². The van der Waals surface area contributed by atoms with Gasteiger partial charge in [-0.2, -0.15) is 0 Å². The van der Waals surface area contributed by atoms with Gasteiger partial charge in [-0.1, -0.05) is 30.3 Å². The first-order valence-corrected chi connectivity index (χ1v) is 8.98. The van der Waals surface area contributed by atoms with E-state index in [4.69, 9.17) is 0 Å². The van der Waals surface area contributed by atoms with Crippen molar-refractivity contribution in [3.05, 3.63) is 71.2 Å². The summed E-state index contributed by atoms with van der Waals surface area (Å²) in [6.07, 6.45) is 0.761. The van der Waals surface area contributed by atoms with Crippen LogP contribution in [0.2, 0.25) is 0 Å². The van der Waals surface area contributed by atoms with Gasteiger partial charge in [0.15, 0.2) is 0 Å². The molecule has 0 saturated heterocycles. The topological polar surface area (TPSA) is 65.2 Å². The molecule has 0 radical (unpaired) electrons. The highest BCUT2D eigenvalue weighted by molar-refractivity contribution is 5.96. The summed E-state index contributed by atoms with van der Waals surface area (Å²) in [5, 5.41) is 3.72. The Balaban J connectivity index is 1.47. The number of rotatable bonds is 3. The van der Waals surface area contributed by atoms with Gasteiger partial charge in [-0.3, -0.25) is 9.59 Å². The van der Waals surface area contributed by atoms with Gasteiger partial charge in [0.05, 0.1) is 18.2 Å². The van der Waals surface area contributed by atoms with Gasteiger partial charge in [0.2, 0.25) is 5.91 Å². The third kappa shape index (κ3) is 3.07. The first-order chi connectivity index (χ1) is 13.1. The molecule has 138 valence electrons. The minimum Gasteiger partial charge on any atom is -0.356 e. The Kier molecular flexibility index (Phi) is 4.39. The normalized spacial score (nSPS) is 16.2. The molecule has 2 aromatic carbocycles. The number of para-hydroxylation sites is 1. The minimum atomic E-state index is -0.600. The number of H-pyrrole nitrogens is 1.